The van der Waals surface area contributed by atoms with Gasteiger partial charge in [0.2, 0.25) is 65.0 Å². The van der Waals surface area contributed by atoms with Crippen LogP contribution in [0, 0.1) is 35.5 Å². The fraction of sp³-hybridized carbons (Fsp3) is 0.836. The van der Waals surface area contributed by atoms with Gasteiger partial charge in [-0.15, -0.1) is 11.6 Å². The molecule has 3 N–H and O–H groups in total. The number of likely N-dealkylation sites (N-methyl/N-ethyl adjacent to an activating group) is 7. The summed E-state index contributed by atoms with van der Waals surface area (Å²) in [6.45, 7) is 7.73. The molecule has 93 heavy (non-hydrogen) atoms. The lowest BCUT2D eigenvalue weighted by atomic mass is 9.78. The van der Waals surface area contributed by atoms with E-state index < -0.39 is 156 Å². The Labute approximate surface area is 554 Å². The second-order valence-corrected chi connectivity index (χ2v) is 29.4. The van der Waals surface area contributed by atoms with Crippen LogP contribution in [0.3, 0.4) is 0 Å². The van der Waals surface area contributed by atoms with E-state index in [0.717, 1.165) is 49.8 Å². The van der Waals surface area contributed by atoms with Crippen molar-refractivity contribution in [2.75, 3.05) is 75.5 Å². The highest BCUT2D eigenvalue weighted by molar-refractivity contribution is 6.20. The van der Waals surface area contributed by atoms with Crippen molar-refractivity contribution in [3.63, 3.8) is 0 Å². The Balaban J connectivity index is 1.36. The molecule has 0 aromatic rings. The number of nitrogens with one attached hydrogen (secondary N) is 3. The number of carbonyl (C=O) groups excluding carboxylic acids is 11. The van der Waals surface area contributed by atoms with Crippen molar-refractivity contribution in [1.82, 2.24) is 55.1 Å². The Bertz CT molecular complexity index is 2650. The van der Waals surface area contributed by atoms with Gasteiger partial charge in [-0.25, -0.2) is 0 Å². The van der Waals surface area contributed by atoms with Gasteiger partial charge in [0.25, 0.3) is 0 Å². The molecule has 11 atom stereocenters. The lowest BCUT2D eigenvalue weighted by Crippen LogP contribution is -2.64. The summed E-state index contributed by atoms with van der Waals surface area (Å²) >= 11 is 6.38. The first kappa shape index (κ1) is 76.3. The van der Waals surface area contributed by atoms with E-state index in [0.29, 0.717) is 38.5 Å². The second kappa shape index (κ2) is 33.8. The predicted molar refractivity (Wildman–Crippen MR) is 345 cm³/mol. The average Bonchev–Trinajstić information content (AvgIpc) is 1.73. The standard InChI is InChI=1S/C67H109ClF3N11O11/c1-13-42(4)57-63(91)77(8)39-55(85)75(6)40-56(86)80(11)52(37-44-22-15-14-16-23-44)62(90)76(7)38-53(83)72-49(30-28-45-27-29-47(48(68)36-45)67(69,70)71)61(89)82-33-21-26-50(82)60(88)74-66(31-19-20-32-66)65(93)81(12)58(46-24-17-18-25-46)64(92)78(9)43(5)35-54(84)79(10)51(34-41(2)3)59(87)73-57/h41-52,57-58H,13-40H2,1-12H3,(H,72,83)(H,73,87)(H,74,88)/t42-,43+,45?,47?,48?,49-,50-,51-,52-,57-,58-/m0/s1. The molecule has 6 aliphatic rings. The molecule has 6 fully saturated rings. The molecule has 26 heteroatoms. The number of rotatable bonds is 10. The highest BCUT2D eigenvalue weighted by Gasteiger charge is 2.52. The van der Waals surface area contributed by atoms with Crippen molar-refractivity contribution >= 4 is 76.6 Å². The van der Waals surface area contributed by atoms with Crippen LogP contribution in [0.1, 0.15) is 189 Å². The lowest BCUT2D eigenvalue weighted by Gasteiger charge is -2.41. The van der Waals surface area contributed by atoms with Crippen LogP contribution in [0.15, 0.2) is 0 Å². The third-order valence-electron chi connectivity index (χ3n) is 21.5. The van der Waals surface area contributed by atoms with E-state index in [2.05, 4.69) is 16.0 Å². The van der Waals surface area contributed by atoms with E-state index in [1.165, 1.54) is 69.5 Å². The van der Waals surface area contributed by atoms with E-state index >= 15 is 14.4 Å². The molecule has 1 spiro atoms. The molecule has 11 amide bonds. The quantitative estimate of drug-likeness (QED) is 0.211. The van der Waals surface area contributed by atoms with Crippen molar-refractivity contribution < 1.29 is 65.9 Å². The summed E-state index contributed by atoms with van der Waals surface area (Å²) < 4.78 is 41.8. The van der Waals surface area contributed by atoms with E-state index in [-0.39, 0.29) is 101 Å². The van der Waals surface area contributed by atoms with Gasteiger partial charge in [-0.1, -0.05) is 91.9 Å². The SMILES string of the molecule is CC[C@H](C)[C@@H]1NC(=O)[C@H](CC(C)C)N(C)C(=O)C[C@@H](C)N(C)C(=O)[C@H](C2CCCC2)N(C)C(=O)C2(CCCC2)NC(=O)[C@@H]2CCCN2C(=O)[C@H](CCC2CCC(C(F)(F)F)C(Cl)C2)NC(=O)CN(C)C(=O)[C@H](CC2CCCCC2)N(C)C(=O)CN(C)C(=O)CN(C)C1=O. The number of amides is 11. The average molecular weight is 1340 g/mol. The molecule has 6 rings (SSSR count). The van der Waals surface area contributed by atoms with Crippen LogP contribution in [0.4, 0.5) is 13.2 Å². The molecule has 0 bridgehead atoms. The molecular formula is C67H109ClF3N11O11. The molecule has 526 valence electrons. The van der Waals surface area contributed by atoms with Gasteiger partial charge in [-0.2, -0.15) is 13.2 Å². The Morgan fingerprint density at radius 3 is 1.80 bits per heavy atom. The monoisotopic (exact) mass is 1340 g/mol. The summed E-state index contributed by atoms with van der Waals surface area (Å²) in [4.78, 5) is 172. The summed E-state index contributed by atoms with van der Waals surface area (Å²) in [6.07, 6.45) is 6.03. The number of alkyl halides is 4. The van der Waals surface area contributed by atoms with Gasteiger partial charge in [0.15, 0.2) is 0 Å². The Kier molecular flexibility index (Phi) is 27.7. The number of hydrogen-bond acceptors (Lipinski definition) is 11. The minimum Gasteiger partial charge on any atom is -0.343 e. The van der Waals surface area contributed by atoms with Crippen molar-refractivity contribution in [3.05, 3.63) is 0 Å². The fourth-order valence-corrected chi connectivity index (χ4v) is 15.7. The molecule has 2 heterocycles. The Morgan fingerprint density at radius 1 is 0.591 bits per heavy atom. The summed E-state index contributed by atoms with van der Waals surface area (Å²) in [7, 11) is 10.4. The molecule has 22 nitrogen and oxygen atoms in total. The topological polar surface area (TPSA) is 250 Å². The molecule has 4 saturated carbocycles. The van der Waals surface area contributed by atoms with Crippen molar-refractivity contribution in [3.8, 4) is 0 Å². The van der Waals surface area contributed by atoms with Gasteiger partial charge in [0.1, 0.15) is 41.8 Å². The second-order valence-electron chi connectivity index (χ2n) is 28.8. The Morgan fingerprint density at radius 2 is 1.19 bits per heavy atom. The third-order valence-corrected chi connectivity index (χ3v) is 22.0. The maximum atomic E-state index is 15.4. The van der Waals surface area contributed by atoms with Gasteiger partial charge >= 0.3 is 6.18 Å². The number of nitrogens with zero attached hydrogens (tertiary/aromatic N) is 8. The first-order valence-electron chi connectivity index (χ1n) is 34.4. The summed E-state index contributed by atoms with van der Waals surface area (Å²) in [6, 6.07) is -7.37. The van der Waals surface area contributed by atoms with Crippen molar-refractivity contribution in [1.29, 1.82) is 0 Å². The van der Waals surface area contributed by atoms with Crippen molar-refractivity contribution in [2.45, 2.75) is 248 Å². The first-order chi connectivity index (χ1) is 43.7. The van der Waals surface area contributed by atoms with Crippen molar-refractivity contribution in [2.24, 2.45) is 35.5 Å². The van der Waals surface area contributed by atoms with Crippen LogP contribution in [0.2, 0.25) is 0 Å². The minimum absolute atomic E-state index is 0.0187. The summed E-state index contributed by atoms with van der Waals surface area (Å²) in [5, 5.41) is 7.65. The fourth-order valence-electron chi connectivity index (χ4n) is 15.2. The number of fused-ring (bicyclic) bond motifs is 1. The summed E-state index contributed by atoms with van der Waals surface area (Å²) in [5.74, 6) is -9.00. The number of halogens is 4. The van der Waals surface area contributed by atoms with Gasteiger partial charge in [-0.05, 0) is 120 Å². The molecular weight excluding hydrogens is 1230 g/mol. The molecule has 3 unspecified atom stereocenters. The third kappa shape index (κ3) is 19.5. The molecule has 0 aromatic carbocycles. The van der Waals surface area contributed by atoms with Gasteiger partial charge in [0, 0.05) is 73.7 Å². The molecule has 2 aliphatic heterocycles. The number of carbonyl (C=O) groups is 11. The largest absolute Gasteiger partial charge is 0.393 e. The smallest absolute Gasteiger partial charge is 0.343 e. The summed E-state index contributed by atoms with van der Waals surface area (Å²) in [5.41, 5.74) is -1.46. The van der Waals surface area contributed by atoms with Gasteiger partial charge in [0.05, 0.1) is 25.6 Å². The lowest BCUT2D eigenvalue weighted by molar-refractivity contribution is -0.182. The van der Waals surface area contributed by atoms with Crippen LogP contribution >= 0.6 is 11.6 Å². The zero-order valence-electron chi connectivity index (χ0n) is 57.5. The Hall–Kier alpha value is -5.75. The first-order valence-corrected chi connectivity index (χ1v) is 34.9. The maximum Gasteiger partial charge on any atom is 0.393 e. The van der Waals surface area contributed by atoms with E-state index in [4.69, 9.17) is 11.6 Å². The molecule has 4 aliphatic carbocycles. The molecule has 0 radical (unpaired) electrons. The minimum atomic E-state index is -4.49. The molecule has 2 saturated heterocycles. The van der Waals surface area contributed by atoms with Crippen LogP contribution in [-0.4, -0.2) is 239 Å². The zero-order valence-corrected chi connectivity index (χ0v) is 58.2. The van der Waals surface area contributed by atoms with E-state index in [1.807, 2.05) is 20.8 Å². The predicted octanol–water partition coefficient (Wildman–Crippen LogP) is 6.10. The molecule has 0 aromatic heterocycles. The highest BCUT2D eigenvalue weighted by Crippen LogP contribution is 2.44. The van der Waals surface area contributed by atoms with Crippen LogP contribution < -0.4 is 16.0 Å². The van der Waals surface area contributed by atoms with Crippen LogP contribution in [0.25, 0.3) is 0 Å². The van der Waals surface area contributed by atoms with Crippen LogP contribution in [-0.2, 0) is 52.7 Å². The van der Waals surface area contributed by atoms with Gasteiger partial charge < -0.3 is 55.1 Å². The van der Waals surface area contributed by atoms with E-state index in [1.54, 1.807) is 27.9 Å². The zero-order chi connectivity index (χ0) is 69.0. The van der Waals surface area contributed by atoms with Crippen LogP contribution in [0.5, 0.6) is 0 Å². The maximum absolute atomic E-state index is 15.4. The normalized spacial score (nSPS) is 30.4. The highest BCUT2D eigenvalue weighted by atomic mass is 35.5. The van der Waals surface area contributed by atoms with Gasteiger partial charge in [-0.3, -0.25) is 52.7 Å². The number of hydrogen-bond donors (Lipinski definition) is 3. The van der Waals surface area contributed by atoms with E-state index in [9.17, 15) is 51.5 Å².